The number of amides is 5. The molecule has 312 valence electrons. The molecule has 2 aliphatic rings. The molecule has 0 atom stereocenters. The van der Waals surface area contributed by atoms with E-state index in [1.54, 1.807) is 48.5 Å². The highest BCUT2D eigenvalue weighted by Gasteiger charge is 2.35. The zero-order chi connectivity index (χ0) is 43.9. The van der Waals surface area contributed by atoms with Gasteiger partial charge in [0.1, 0.15) is 34.4 Å². The van der Waals surface area contributed by atoms with Crippen LogP contribution in [0, 0.1) is 13.8 Å². The molecule has 0 bridgehead atoms. The lowest BCUT2D eigenvalue weighted by molar-refractivity contribution is 0.0637. The number of fused-ring (bicyclic) bond motifs is 2. The molecule has 16 heteroatoms. The van der Waals surface area contributed by atoms with E-state index >= 15 is 0 Å². The standard InChI is InChI=1S/C23H21N5O3.C23H20N4O4/c1-14-6-4-7-15(12-14)26-21-18(20(24)29)13-25-19(27-21)10-5-11-28-22(30)16-8-2-3-9-17(16)23(28)31;1-14-6-4-7-15(12-14)25-20-18(23(30)31)13-24-19(26-20)10-5-11-27-21(28)16-8-2-3-9-17(16)22(27)29/h2-4,6-9,12-13H,5,10-11H2,1H3,(H2,24,29)(H,25,26,27);2-4,6-9,12-13H,5,10-11H2,1H3,(H,30,31)(H,24,25,26). The smallest absolute Gasteiger partial charge is 0.341 e. The van der Waals surface area contributed by atoms with Gasteiger partial charge in [0.25, 0.3) is 29.5 Å². The molecule has 0 radical (unpaired) electrons. The number of nitrogens with one attached hydrogen (secondary N) is 2. The van der Waals surface area contributed by atoms with Gasteiger partial charge < -0.3 is 21.5 Å². The van der Waals surface area contributed by atoms with Crippen molar-refractivity contribution in [3.63, 3.8) is 0 Å². The Morgan fingerprint density at radius 3 is 1.34 bits per heavy atom. The zero-order valence-electron chi connectivity index (χ0n) is 33.8. The van der Waals surface area contributed by atoms with Crippen molar-refractivity contribution in [2.45, 2.75) is 39.5 Å². The van der Waals surface area contributed by atoms with Crippen LogP contribution in [0.15, 0.2) is 109 Å². The van der Waals surface area contributed by atoms with E-state index < -0.39 is 11.9 Å². The van der Waals surface area contributed by atoms with Gasteiger partial charge in [0.05, 0.1) is 22.3 Å². The number of imide groups is 2. The summed E-state index contributed by atoms with van der Waals surface area (Å²) in [6.45, 7) is 4.39. The molecule has 4 aromatic carbocycles. The predicted molar refractivity (Wildman–Crippen MR) is 229 cm³/mol. The molecule has 62 heavy (non-hydrogen) atoms. The van der Waals surface area contributed by atoms with Gasteiger partial charge in [-0.1, -0.05) is 48.5 Å². The Balaban J connectivity index is 0.000000186. The van der Waals surface area contributed by atoms with Crippen molar-refractivity contribution in [1.29, 1.82) is 0 Å². The van der Waals surface area contributed by atoms with Crippen LogP contribution in [0.4, 0.5) is 23.0 Å². The summed E-state index contributed by atoms with van der Waals surface area (Å²) in [5.41, 5.74) is 10.9. The van der Waals surface area contributed by atoms with Crippen molar-refractivity contribution in [3.8, 4) is 0 Å². The van der Waals surface area contributed by atoms with E-state index in [9.17, 15) is 33.9 Å². The number of aromatic nitrogens is 4. The van der Waals surface area contributed by atoms with Crippen molar-refractivity contribution >= 4 is 58.5 Å². The topological polar surface area (TPSA) is 231 Å². The molecular weight excluding hydrogens is 791 g/mol. The fourth-order valence-electron chi connectivity index (χ4n) is 7.00. The maximum atomic E-state index is 12.5. The molecule has 6 aromatic rings. The number of anilines is 4. The molecule has 16 nitrogen and oxygen atoms in total. The molecule has 5 amide bonds. The normalized spacial score (nSPS) is 12.7. The number of rotatable bonds is 14. The van der Waals surface area contributed by atoms with E-state index in [2.05, 4.69) is 30.6 Å². The molecular formula is C46H41N9O7. The maximum Gasteiger partial charge on any atom is 0.341 e. The van der Waals surface area contributed by atoms with Crippen LogP contribution in [-0.2, 0) is 12.8 Å². The molecule has 0 saturated carbocycles. The molecule has 0 aliphatic carbocycles. The predicted octanol–water partition coefficient (Wildman–Crippen LogP) is 6.31. The first-order valence-corrected chi connectivity index (χ1v) is 19.7. The van der Waals surface area contributed by atoms with E-state index in [4.69, 9.17) is 5.73 Å². The summed E-state index contributed by atoms with van der Waals surface area (Å²) in [4.78, 5) is 92.8. The van der Waals surface area contributed by atoms with Gasteiger partial charge in [-0.05, 0) is 86.3 Å². The average Bonchev–Trinajstić information content (AvgIpc) is 3.64. The summed E-state index contributed by atoms with van der Waals surface area (Å²) in [5, 5.41) is 15.6. The van der Waals surface area contributed by atoms with Gasteiger partial charge in [0.15, 0.2) is 0 Å². The van der Waals surface area contributed by atoms with Crippen LogP contribution in [0.1, 0.15) is 97.8 Å². The minimum atomic E-state index is -1.13. The summed E-state index contributed by atoms with van der Waals surface area (Å²) < 4.78 is 0. The highest BCUT2D eigenvalue weighted by molar-refractivity contribution is 6.22. The number of aromatic carboxylic acids is 1. The molecule has 2 aliphatic heterocycles. The van der Waals surface area contributed by atoms with E-state index in [-0.39, 0.29) is 53.7 Å². The van der Waals surface area contributed by atoms with Gasteiger partial charge in [-0.25, -0.2) is 24.7 Å². The molecule has 8 rings (SSSR count). The summed E-state index contributed by atoms with van der Waals surface area (Å²) in [6, 6.07) is 28.7. The lowest BCUT2D eigenvalue weighted by atomic mass is 10.1. The van der Waals surface area contributed by atoms with Gasteiger partial charge in [0.2, 0.25) is 0 Å². The summed E-state index contributed by atoms with van der Waals surface area (Å²) in [6.07, 6.45) is 4.42. The molecule has 0 spiro atoms. The molecule has 0 unspecified atom stereocenters. The Morgan fingerprint density at radius 1 is 0.581 bits per heavy atom. The molecule has 2 aromatic heterocycles. The van der Waals surface area contributed by atoms with E-state index in [1.165, 1.54) is 22.2 Å². The quantitative estimate of drug-likeness (QED) is 0.0883. The third-order valence-electron chi connectivity index (χ3n) is 10.1. The third kappa shape index (κ3) is 9.34. The van der Waals surface area contributed by atoms with Gasteiger partial charge in [-0.3, -0.25) is 33.8 Å². The van der Waals surface area contributed by atoms with Gasteiger partial charge in [-0.15, -0.1) is 0 Å². The first kappa shape index (κ1) is 42.0. The molecule has 4 heterocycles. The Bertz CT molecular complexity index is 2500. The van der Waals surface area contributed by atoms with Crippen molar-refractivity contribution in [1.82, 2.24) is 29.7 Å². The third-order valence-corrected chi connectivity index (χ3v) is 10.1. The molecule has 0 fully saturated rings. The van der Waals surface area contributed by atoms with Gasteiger partial charge in [-0.2, -0.15) is 0 Å². The van der Waals surface area contributed by atoms with Crippen molar-refractivity contribution < 1.29 is 33.9 Å². The second-order valence-corrected chi connectivity index (χ2v) is 14.6. The van der Waals surface area contributed by atoms with Gasteiger partial charge >= 0.3 is 5.97 Å². The number of hydrogen-bond donors (Lipinski definition) is 4. The summed E-state index contributed by atoms with van der Waals surface area (Å²) in [7, 11) is 0. The number of primary amides is 1. The van der Waals surface area contributed by atoms with Crippen LogP contribution >= 0.6 is 0 Å². The number of carboxylic acids is 1. The number of carbonyl (C=O) groups is 6. The summed E-state index contributed by atoms with van der Waals surface area (Å²) in [5.74, 6) is -1.50. The Labute approximate surface area is 355 Å². The van der Waals surface area contributed by atoms with Crippen LogP contribution in [0.3, 0.4) is 0 Å². The van der Waals surface area contributed by atoms with Gasteiger partial charge in [0, 0.05) is 49.7 Å². The fourth-order valence-corrected chi connectivity index (χ4v) is 7.00. The highest BCUT2D eigenvalue weighted by atomic mass is 16.4. The number of nitrogens with two attached hydrogens (primary N) is 1. The Morgan fingerprint density at radius 2 is 0.968 bits per heavy atom. The SMILES string of the molecule is Cc1cccc(Nc2nc(CCCN3C(=O)c4ccccc4C3=O)ncc2C(=O)O)c1.Cc1cccc(Nc2nc(CCCN3C(=O)c4ccccc4C3=O)ncc2C(N)=O)c1. The van der Waals surface area contributed by atoms with Crippen LogP contribution in [-0.4, -0.2) is 83.4 Å². The Hall–Kier alpha value is -8.14. The van der Waals surface area contributed by atoms with Crippen LogP contribution in [0.5, 0.6) is 0 Å². The first-order valence-electron chi connectivity index (χ1n) is 19.7. The number of nitrogens with zero attached hydrogens (tertiary/aromatic N) is 6. The van der Waals surface area contributed by atoms with E-state index in [0.717, 1.165) is 22.5 Å². The molecule has 5 N–H and O–H groups in total. The highest BCUT2D eigenvalue weighted by Crippen LogP contribution is 2.26. The van der Waals surface area contributed by atoms with E-state index in [1.807, 2.05) is 62.4 Å². The number of benzene rings is 4. The minimum absolute atomic E-state index is 0.0365. The average molecular weight is 832 g/mol. The Kier molecular flexibility index (Phi) is 12.5. The maximum absolute atomic E-state index is 12.5. The lowest BCUT2D eigenvalue weighted by Gasteiger charge is -2.14. The van der Waals surface area contributed by atoms with Crippen molar-refractivity contribution in [3.05, 3.63) is 166 Å². The first-order chi connectivity index (χ1) is 29.9. The lowest BCUT2D eigenvalue weighted by Crippen LogP contribution is -2.31. The summed E-state index contributed by atoms with van der Waals surface area (Å²) >= 11 is 0. The fraction of sp³-hybridized carbons (Fsp3) is 0.174. The zero-order valence-corrected chi connectivity index (χ0v) is 33.8. The second-order valence-electron chi connectivity index (χ2n) is 14.6. The molecule has 0 saturated heterocycles. The minimum Gasteiger partial charge on any atom is -0.477 e. The monoisotopic (exact) mass is 831 g/mol. The largest absolute Gasteiger partial charge is 0.477 e. The van der Waals surface area contributed by atoms with Crippen molar-refractivity contribution in [2.75, 3.05) is 23.7 Å². The number of aryl methyl sites for hydroxylation is 4. The number of hydrogen-bond acceptors (Lipinski definition) is 12. The van der Waals surface area contributed by atoms with Crippen LogP contribution < -0.4 is 16.4 Å². The van der Waals surface area contributed by atoms with E-state index in [0.29, 0.717) is 65.4 Å². The number of carboxylic acid groups (broad SMARTS) is 1. The van der Waals surface area contributed by atoms with Crippen LogP contribution in [0.25, 0.3) is 0 Å². The van der Waals surface area contributed by atoms with Crippen molar-refractivity contribution in [2.24, 2.45) is 5.73 Å². The second kappa shape index (κ2) is 18.4. The number of carbonyl (C=O) groups excluding carboxylic acids is 5. The van der Waals surface area contributed by atoms with Crippen LogP contribution in [0.2, 0.25) is 0 Å².